The fourth-order valence-corrected chi connectivity index (χ4v) is 3.19. The van der Waals surface area contributed by atoms with E-state index in [-0.39, 0.29) is 5.91 Å². The Kier molecular flexibility index (Phi) is 5.70. The summed E-state index contributed by atoms with van der Waals surface area (Å²) in [7, 11) is 0. The summed E-state index contributed by atoms with van der Waals surface area (Å²) in [5.74, 6) is 2.26. The number of nitrogens with zero attached hydrogens (tertiary/aromatic N) is 2. The largest absolute Gasteiger partial charge is 0.441 e. The number of hydrogen-bond donors (Lipinski definition) is 2. The lowest BCUT2D eigenvalue weighted by Crippen LogP contribution is -2.25. The third-order valence-electron chi connectivity index (χ3n) is 4.81. The number of fused-ring (bicyclic) bond motifs is 1. The first kappa shape index (κ1) is 18.9. The van der Waals surface area contributed by atoms with Crippen LogP contribution in [0.4, 0.5) is 0 Å². The Morgan fingerprint density at radius 3 is 2.76 bits per heavy atom. The van der Waals surface area contributed by atoms with Gasteiger partial charge in [0.25, 0.3) is 0 Å². The standard InChI is InChI=1S/C23H24N4O2/c1-16-8-10-17(11-9-16)20-15-25-23(29-20)13-12-22(28)24-14-4-7-21-26-18-5-2-3-6-19(18)27-21/h2-3,5-6,8-11,15H,4,7,12-14H2,1H3,(H,24,28)(H,26,27). The maximum atomic E-state index is 12.1. The predicted molar refractivity (Wildman–Crippen MR) is 112 cm³/mol. The normalized spacial score (nSPS) is 11.1. The highest BCUT2D eigenvalue weighted by atomic mass is 16.4. The molecule has 4 rings (SSSR count). The fourth-order valence-electron chi connectivity index (χ4n) is 3.19. The number of carbonyl (C=O) groups is 1. The fraction of sp³-hybridized carbons (Fsp3) is 0.261. The predicted octanol–water partition coefficient (Wildman–Crippen LogP) is 4.21. The summed E-state index contributed by atoms with van der Waals surface area (Å²) < 4.78 is 5.77. The molecule has 2 aromatic carbocycles. The Balaban J connectivity index is 1.19. The SMILES string of the molecule is Cc1ccc(-c2cnc(CCC(=O)NCCCc3nc4ccccc4[nH]3)o2)cc1. The van der Waals surface area contributed by atoms with Crippen LogP contribution < -0.4 is 5.32 Å². The minimum absolute atomic E-state index is 0.00434. The molecule has 0 aliphatic rings. The molecule has 4 aromatic rings. The average Bonchev–Trinajstić information content (AvgIpc) is 3.37. The van der Waals surface area contributed by atoms with Crippen molar-refractivity contribution in [3.63, 3.8) is 0 Å². The van der Waals surface area contributed by atoms with Crippen LogP contribution in [0.1, 0.15) is 30.1 Å². The van der Waals surface area contributed by atoms with Crippen LogP contribution in [0.3, 0.4) is 0 Å². The summed E-state index contributed by atoms with van der Waals surface area (Å²) in [6.07, 6.45) is 4.20. The van der Waals surface area contributed by atoms with Crippen molar-refractivity contribution in [2.75, 3.05) is 6.54 Å². The molecule has 0 spiro atoms. The lowest BCUT2D eigenvalue weighted by atomic mass is 10.1. The quantitative estimate of drug-likeness (QED) is 0.443. The van der Waals surface area contributed by atoms with Crippen molar-refractivity contribution in [2.24, 2.45) is 0 Å². The van der Waals surface area contributed by atoms with E-state index in [9.17, 15) is 4.79 Å². The van der Waals surface area contributed by atoms with Crippen LogP contribution in [0.15, 0.2) is 59.1 Å². The van der Waals surface area contributed by atoms with Gasteiger partial charge in [0.05, 0.1) is 17.2 Å². The lowest BCUT2D eigenvalue weighted by Gasteiger charge is -2.03. The summed E-state index contributed by atoms with van der Waals surface area (Å²) >= 11 is 0. The molecular weight excluding hydrogens is 364 g/mol. The third-order valence-corrected chi connectivity index (χ3v) is 4.81. The zero-order chi connectivity index (χ0) is 20.1. The Labute approximate surface area is 169 Å². The number of carbonyl (C=O) groups excluding carboxylic acids is 1. The number of aromatic amines is 1. The van der Waals surface area contributed by atoms with Crippen molar-refractivity contribution < 1.29 is 9.21 Å². The van der Waals surface area contributed by atoms with Gasteiger partial charge in [0, 0.05) is 31.4 Å². The summed E-state index contributed by atoms with van der Waals surface area (Å²) in [5, 5.41) is 2.95. The molecular formula is C23H24N4O2. The van der Waals surface area contributed by atoms with Crippen molar-refractivity contribution in [2.45, 2.75) is 32.6 Å². The Morgan fingerprint density at radius 1 is 1.10 bits per heavy atom. The number of aromatic nitrogens is 3. The van der Waals surface area contributed by atoms with Gasteiger partial charge >= 0.3 is 0 Å². The number of oxazole rings is 1. The zero-order valence-electron chi connectivity index (χ0n) is 16.4. The second kappa shape index (κ2) is 8.73. The van der Waals surface area contributed by atoms with Crippen LogP contribution in [0.25, 0.3) is 22.4 Å². The molecule has 0 saturated carbocycles. The molecule has 0 fully saturated rings. The highest BCUT2D eigenvalue weighted by Gasteiger charge is 2.09. The van der Waals surface area contributed by atoms with Gasteiger partial charge in [-0.25, -0.2) is 9.97 Å². The Bertz CT molecular complexity index is 1060. The van der Waals surface area contributed by atoms with Crippen molar-refractivity contribution in [3.05, 3.63) is 72.0 Å². The monoisotopic (exact) mass is 388 g/mol. The Hall–Kier alpha value is -3.41. The van der Waals surface area contributed by atoms with E-state index < -0.39 is 0 Å². The molecule has 0 radical (unpaired) electrons. The first-order valence-electron chi connectivity index (χ1n) is 9.89. The maximum absolute atomic E-state index is 12.1. The molecule has 6 nitrogen and oxygen atoms in total. The molecule has 6 heteroatoms. The van der Waals surface area contributed by atoms with Gasteiger partial charge in [-0.2, -0.15) is 0 Å². The van der Waals surface area contributed by atoms with Crippen molar-refractivity contribution >= 4 is 16.9 Å². The average molecular weight is 388 g/mol. The highest BCUT2D eigenvalue weighted by Crippen LogP contribution is 2.21. The number of H-pyrrole nitrogens is 1. The second-order valence-corrected chi connectivity index (χ2v) is 7.14. The first-order chi connectivity index (χ1) is 14.2. The van der Waals surface area contributed by atoms with E-state index in [1.165, 1.54) is 5.56 Å². The van der Waals surface area contributed by atoms with Gasteiger partial charge in [0.1, 0.15) is 5.82 Å². The van der Waals surface area contributed by atoms with Crippen LogP contribution in [0, 0.1) is 6.92 Å². The smallest absolute Gasteiger partial charge is 0.220 e. The number of imidazole rings is 1. The minimum atomic E-state index is 0.00434. The summed E-state index contributed by atoms with van der Waals surface area (Å²) in [4.78, 5) is 24.2. The van der Waals surface area contributed by atoms with Crippen molar-refractivity contribution in [1.29, 1.82) is 0 Å². The van der Waals surface area contributed by atoms with E-state index in [1.54, 1.807) is 6.20 Å². The van der Waals surface area contributed by atoms with E-state index in [0.29, 0.717) is 25.3 Å². The molecule has 29 heavy (non-hydrogen) atoms. The molecule has 0 aliphatic heterocycles. The van der Waals surface area contributed by atoms with E-state index in [4.69, 9.17) is 4.42 Å². The maximum Gasteiger partial charge on any atom is 0.220 e. The van der Waals surface area contributed by atoms with Gasteiger partial charge in [-0.15, -0.1) is 0 Å². The van der Waals surface area contributed by atoms with Gasteiger partial charge < -0.3 is 14.7 Å². The summed E-state index contributed by atoms with van der Waals surface area (Å²) in [6.45, 7) is 2.67. The third kappa shape index (κ3) is 4.90. The van der Waals surface area contributed by atoms with Gasteiger partial charge in [-0.05, 0) is 25.5 Å². The molecule has 148 valence electrons. The van der Waals surface area contributed by atoms with Gasteiger partial charge in [0.15, 0.2) is 11.7 Å². The summed E-state index contributed by atoms with van der Waals surface area (Å²) in [5.41, 5.74) is 4.21. The van der Waals surface area contributed by atoms with Crippen molar-refractivity contribution in [1.82, 2.24) is 20.3 Å². The second-order valence-electron chi connectivity index (χ2n) is 7.14. The van der Waals surface area contributed by atoms with Crippen molar-refractivity contribution in [3.8, 4) is 11.3 Å². The summed E-state index contributed by atoms with van der Waals surface area (Å²) in [6, 6.07) is 16.1. The molecule has 2 aromatic heterocycles. The number of aryl methyl sites for hydroxylation is 3. The highest BCUT2D eigenvalue weighted by molar-refractivity contribution is 5.76. The van der Waals surface area contributed by atoms with E-state index in [0.717, 1.165) is 41.0 Å². The topological polar surface area (TPSA) is 83.8 Å². The van der Waals surface area contributed by atoms with Crippen LogP contribution in [0.5, 0.6) is 0 Å². The molecule has 0 saturated heterocycles. The Morgan fingerprint density at radius 2 is 1.93 bits per heavy atom. The van der Waals surface area contributed by atoms with Gasteiger partial charge in [-0.1, -0.05) is 42.0 Å². The number of rotatable bonds is 8. The molecule has 2 N–H and O–H groups in total. The van der Waals surface area contributed by atoms with Crippen LogP contribution in [0.2, 0.25) is 0 Å². The molecule has 0 unspecified atom stereocenters. The van der Waals surface area contributed by atoms with E-state index in [1.807, 2.05) is 55.5 Å². The lowest BCUT2D eigenvalue weighted by molar-refractivity contribution is -0.121. The zero-order valence-corrected chi connectivity index (χ0v) is 16.4. The van der Waals surface area contributed by atoms with Crippen LogP contribution >= 0.6 is 0 Å². The van der Waals surface area contributed by atoms with E-state index >= 15 is 0 Å². The number of hydrogen-bond acceptors (Lipinski definition) is 4. The molecule has 0 atom stereocenters. The van der Waals surface area contributed by atoms with Gasteiger partial charge in [0.2, 0.25) is 5.91 Å². The van der Waals surface area contributed by atoms with Gasteiger partial charge in [-0.3, -0.25) is 4.79 Å². The minimum Gasteiger partial charge on any atom is -0.441 e. The number of nitrogens with one attached hydrogen (secondary N) is 2. The molecule has 1 amide bonds. The molecule has 0 aliphatic carbocycles. The number of benzene rings is 2. The molecule has 2 heterocycles. The first-order valence-corrected chi connectivity index (χ1v) is 9.89. The molecule has 0 bridgehead atoms. The van der Waals surface area contributed by atoms with Crippen LogP contribution in [-0.4, -0.2) is 27.4 Å². The number of amides is 1. The van der Waals surface area contributed by atoms with Crippen LogP contribution in [-0.2, 0) is 17.6 Å². The van der Waals surface area contributed by atoms with E-state index in [2.05, 4.69) is 20.3 Å². The number of para-hydroxylation sites is 2.